The molecule has 1 N–H and O–H groups in total. The number of aromatic amines is 1. The second kappa shape index (κ2) is 10.6. The first-order valence-electron chi connectivity index (χ1n) is 11.8. The number of carbonyl (C=O) groups is 1. The molecule has 1 aliphatic rings. The van der Waals surface area contributed by atoms with Gasteiger partial charge in [0.2, 0.25) is 5.43 Å². The summed E-state index contributed by atoms with van der Waals surface area (Å²) in [6.07, 6.45) is 3.63. The summed E-state index contributed by atoms with van der Waals surface area (Å²) in [6, 6.07) is 3.96. The van der Waals surface area contributed by atoms with E-state index in [1.807, 2.05) is 6.07 Å². The second-order valence-electron chi connectivity index (χ2n) is 10.5. The lowest BCUT2D eigenvalue weighted by atomic mass is 9.97. The van der Waals surface area contributed by atoms with Crippen molar-refractivity contribution in [2.24, 2.45) is 5.92 Å². The first-order chi connectivity index (χ1) is 15.4. The summed E-state index contributed by atoms with van der Waals surface area (Å²) >= 11 is 2.30. The van der Waals surface area contributed by atoms with Gasteiger partial charge in [0, 0.05) is 40.4 Å². The van der Waals surface area contributed by atoms with Crippen molar-refractivity contribution in [1.82, 2.24) is 9.88 Å². The van der Waals surface area contributed by atoms with E-state index in [1.54, 1.807) is 6.92 Å². The van der Waals surface area contributed by atoms with E-state index in [0.29, 0.717) is 11.3 Å². The Morgan fingerprint density at radius 1 is 1.30 bits per heavy atom. The number of pyridine rings is 1. The van der Waals surface area contributed by atoms with Crippen molar-refractivity contribution in [3.63, 3.8) is 0 Å². The molecule has 0 radical (unpaired) electrons. The van der Waals surface area contributed by atoms with Crippen LogP contribution in [-0.4, -0.2) is 57.0 Å². The number of ether oxygens (including phenoxy) is 1. The fourth-order valence-corrected chi connectivity index (χ4v) is 5.76. The molecule has 0 amide bonds. The van der Waals surface area contributed by atoms with E-state index < -0.39 is 14.3 Å². The Hall–Kier alpha value is -1.23. The summed E-state index contributed by atoms with van der Waals surface area (Å²) in [7, 11) is -1.69. The fourth-order valence-electron chi connectivity index (χ4n) is 4.04. The smallest absolute Gasteiger partial charge is 0.343 e. The molecule has 1 atom stereocenters. The van der Waals surface area contributed by atoms with Gasteiger partial charge in [-0.3, -0.25) is 4.79 Å². The molecule has 0 spiro atoms. The average Bonchev–Trinajstić information content (AvgIpc) is 3.16. The lowest BCUT2D eigenvalue weighted by Gasteiger charge is -2.36. The number of hydrogen-bond acceptors (Lipinski definition) is 5. The zero-order valence-corrected chi connectivity index (χ0v) is 23.9. The molecule has 8 heteroatoms. The quantitative estimate of drug-likeness (QED) is 0.263. The summed E-state index contributed by atoms with van der Waals surface area (Å²) in [4.78, 5) is 30.5. The summed E-state index contributed by atoms with van der Waals surface area (Å²) in [6.45, 7) is 17.4. The molecule has 1 fully saturated rings. The lowest BCUT2D eigenvalue weighted by molar-refractivity contribution is 0.0524. The van der Waals surface area contributed by atoms with Gasteiger partial charge in [-0.25, -0.2) is 4.79 Å². The molecule has 3 rings (SSSR count). The minimum absolute atomic E-state index is 0.0549. The molecular weight excluding hydrogens is 547 g/mol. The second-order valence-corrected chi connectivity index (χ2v) is 16.5. The van der Waals surface area contributed by atoms with Crippen LogP contribution in [0, 0.1) is 9.49 Å². The Morgan fingerprint density at radius 3 is 2.70 bits per heavy atom. The molecule has 1 unspecified atom stereocenters. The number of rotatable bonds is 8. The van der Waals surface area contributed by atoms with E-state index in [2.05, 4.69) is 72.4 Å². The number of nitrogens with one attached hydrogen (secondary N) is 1. The van der Waals surface area contributed by atoms with Crippen LogP contribution in [0.15, 0.2) is 23.1 Å². The molecule has 2 heterocycles. The van der Waals surface area contributed by atoms with Crippen LogP contribution in [0.5, 0.6) is 0 Å². The molecule has 0 bridgehead atoms. The van der Waals surface area contributed by atoms with Gasteiger partial charge in [-0.1, -0.05) is 20.8 Å². The third kappa shape index (κ3) is 6.26. The van der Waals surface area contributed by atoms with Gasteiger partial charge in [-0.15, -0.1) is 0 Å². The third-order valence-electron chi connectivity index (χ3n) is 7.10. The van der Waals surface area contributed by atoms with Gasteiger partial charge in [0.15, 0.2) is 8.32 Å². The molecule has 2 aromatic rings. The molecule has 6 nitrogen and oxygen atoms in total. The molecule has 1 saturated heterocycles. The van der Waals surface area contributed by atoms with Crippen molar-refractivity contribution >= 4 is 47.8 Å². The van der Waals surface area contributed by atoms with Crippen molar-refractivity contribution in [3.05, 3.63) is 43.2 Å². The summed E-state index contributed by atoms with van der Waals surface area (Å²) < 4.78 is 12.4. The standard InChI is InChI=1S/C25H37IN2O4Si/c1-7-31-24(30)20-15-27-22-13-18(21(26)14-19(22)23(20)29)12-17-8-9-28(16-17)10-11-32-33(5,6)25(2,3)4/h13-15,17H,7-12,16H2,1-6H3,(H,27,29). The SMILES string of the molecule is CCOC(=O)c1c[nH]c2cc(CC3CCN(CCO[Si](C)(C)C(C)(C)C)C3)c(I)cc2c1=O. The number of hydrogen-bond donors (Lipinski definition) is 1. The van der Waals surface area contributed by atoms with Crippen molar-refractivity contribution < 1.29 is 14.0 Å². The van der Waals surface area contributed by atoms with E-state index in [-0.39, 0.29) is 22.6 Å². The normalized spacial score (nSPS) is 17.6. The highest BCUT2D eigenvalue weighted by molar-refractivity contribution is 14.1. The van der Waals surface area contributed by atoms with Crippen LogP contribution < -0.4 is 5.43 Å². The summed E-state index contributed by atoms with van der Waals surface area (Å²) in [5, 5.41) is 0.773. The highest BCUT2D eigenvalue weighted by Crippen LogP contribution is 2.36. The molecule has 0 saturated carbocycles. The Morgan fingerprint density at radius 2 is 2.03 bits per heavy atom. The number of esters is 1. The zero-order valence-electron chi connectivity index (χ0n) is 20.7. The topological polar surface area (TPSA) is 71.6 Å². The number of H-pyrrole nitrogens is 1. The summed E-state index contributed by atoms with van der Waals surface area (Å²) in [5.74, 6) is 0.0117. The van der Waals surface area contributed by atoms with E-state index >= 15 is 0 Å². The van der Waals surface area contributed by atoms with Crippen LogP contribution in [-0.2, 0) is 15.6 Å². The number of benzene rings is 1. The van der Waals surface area contributed by atoms with Crippen molar-refractivity contribution in [2.75, 3.05) is 32.8 Å². The fraction of sp³-hybridized carbons (Fsp3) is 0.600. The molecule has 33 heavy (non-hydrogen) atoms. The predicted octanol–water partition coefficient (Wildman–Crippen LogP) is 5.20. The number of halogens is 1. The molecule has 0 aliphatic carbocycles. The Labute approximate surface area is 211 Å². The van der Waals surface area contributed by atoms with Gasteiger partial charge in [-0.05, 0) is 90.6 Å². The number of likely N-dealkylation sites (tertiary alicyclic amines) is 1. The number of aromatic nitrogens is 1. The molecule has 182 valence electrons. The largest absolute Gasteiger partial charge is 0.462 e. The van der Waals surface area contributed by atoms with E-state index in [4.69, 9.17) is 9.16 Å². The lowest BCUT2D eigenvalue weighted by Crippen LogP contribution is -2.42. The van der Waals surface area contributed by atoms with E-state index in [9.17, 15) is 9.59 Å². The maximum Gasteiger partial charge on any atom is 0.343 e. The molecule has 1 aromatic heterocycles. The van der Waals surface area contributed by atoms with Crippen LogP contribution in [0.1, 0.15) is 50.0 Å². The maximum absolute atomic E-state index is 12.8. The Kier molecular flexibility index (Phi) is 8.45. The third-order valence-corrected chi connectivity index (χ3v) is 12.6. The highest BCUT2D eigenvalue weighted by atomic mass is 127. The molecule has 1 aliphatic heterocycles. The van der Waals surface area contributed by atoms with Gasteiger partial charge in [0.05, 0.1) is 6.61 Å². The van der Waals surface area contributed by atoms with Crippen LogP contribution in [0.2, 0.25) is 18.1 Å². The molecule has 1 aromatic carbocycles. The van der Waals surface area contributed by atoms with Crippen molar-refractivity contribution in [3.8, 4) is 0 Å². The maximum atomic E-state index is 12.8. The van der Waals surface area contributed by atoms with Crippen molar-refractivity contribution in [1.29, 1.82) is 0 Å². The van der Waals surface area contributed by atoms with E-state index in [1.165, 1.54) is 18.2 Å². The van der Waals surface area contributed by atoms with Crippen LogP contribution in [0.3, 0.4) is 0 Å². The van der Waals surface area contributed by atoms with Crippen LogP contribution in [0.4, 0.5) is 0 Å². The minimum atomic E-state index is -1.69. The molecular formula is C25H37IN2O4Si. The van der Waals surface area contributed by atoms with Gasteiger partial charge in [0.25, 0.3) is 0 Å². The first-order valence-corrected chi connectivity index (χ1v) is 15.8. The van der Waals surface area contributed by atoms with E-state index in [0.717, 1.165) is 41.7 Å². The summed E-state index contributed by atoms with van der Waals surface area (Å²) in [5.41, 5.74) is 1.78. The van der Waals surface area contributed by atoms with Crippen molar-refractivity contribution in [2.45, 2.75) is 58.7 Å². The number of carbonyl (C=O) groups excluding carboxylic acids is 1. The van der Waals surface area contributed by atoms with Gasteiger partial charge >= 0.3 is 5.97 Å². The van der Waals surface area contributed by atoms with Crippen LogP contribution >= 0.6 is 22.6 Å². The highest BCUT2D eigenvalue weighted by Gasteiger charge is 2.37. The number of fused-ring (bicyclic) bond motifs is 1. The average molecular weight is 585 g/mol. The van der Waals surface area contributed by atoms with Gasteiger partial charge in [-0.2, -0.15) is 0 Å². The minimum Gasteiger partial charge on any atom is -0.462 e. The first kappa shape index (κ1) is 26.4. The van der Waals surface area contributed by atoms with Gasteiger partial charge < -0.3 is 19.0 Å². The Balaban J connectivity index is 1.63. The van der Waals surface area contributed by atoms with Gasteiger partial charge in [0.1, 0.15) is 5.56 Å². The Bertz CT molecular complexity index is 1060. The predicted molar refractivity (Wildman–Crippen MR) is 145 cm³/mol. The number of nitrogens with zero attached hydrogens (tertiary/aromatic N) is 1. The van der Waals surface area contributed by atoms with Crippen LogP contribution in [0.25, 0.3) is 10.9 Å². The monoisotopic (exact) mass is 584 g/mol. The zero-order chi connectivity index (χ0) is 24.4.